The lowest BCUT2D eigenvalue weighted by molar-refractivity contribution is -0.245. The van der Waals surface area contributed by atoms with E-state index in [4.69, 9.17) is 9.47 Å². The third-order valence-electron chi connectivity index (χ3n) is 6.04. The van der Waals surface area contributed by atoms with Gasteiger partial charge in [0.2, 0.25) is 0 Å². The minimum Gasteiger partial charge on any atom is -0.392 e. The number of aliphatic hydroxyl groups is 1. The molecule has 5 rings (SSSR count). The molecule has 0 radical (unpaired) electrons. The van der Waals surface area contributed by atoms with Crippen LogP contribution in [0.25, 0.3) is 0 Å². The minimum atomic E-state index is -0.546. The topological polar surface area (TPSA) is 122 Å². The summed E-state index contributed by atoms with van der Waals surface area (Å²) in [6.07, 6.45) is 4.57. The number of nitrogens with zero attached hydrogens (tertiary/aromatic N) is 3. The first-order valence-corrected chi connectivity index (χ1v) is 12.9. The Kier molecular flexibility index (Phi) is 8.21. The predicted octanol–water partition coefficient (Wildman–Crippen LogP) is 3.96. The molecule has 4 aromatic rings. The van der Waals surface area contributed by atoms with Crippen molar-refractivity contribution in [2.75, 3.05) is 5.75 Å². The summed E-state index contributed by atoms with van der Waals surface area (Å²) >= 11 is 1.56. The molecule has 1 amide bonds. The molecule has 9 nitrogen and oxygen atoms in total. The maximum absolute atomic E-state index is 12.3. The maximum Gasteiger partial charge on any atom is 0.253 e. The Labute approximate surface area is 218 Å². The predicted molar refractivity (Wildman–Crippen MR) is 137 cm³/mol. The monoisotopic (exact) mass is 517 g/mol. The molecule has 190 valence electrons. The number of H-pyrrole nitrogens is 1. The number of carbonyl (C=O) groups excluding carboxylic acids is 1. The highest BCUT2D eigenvalue weighted by molar-refractivity contribution is 7.99. The molecule has 3 N–H and O–H groups in total. The average molecular weight is 518 g/mol. The standard InChI is InChI=1S/C27H27N5O4S/c33-15-19-5-7-20(8-6-19)24-12-23(16-37-27-30-17-31-32-27)35-26(36-24)21-9-3-18(4-10-21)13-29-25(34)22-2-1-11-28-14-22/h1-11,14,17,23-24,26,33H,12-13,15-16H2,(H,29,34)(H,30,31,32). The number of pyridine rings is 1. The van der Waals surface area contributed by atoms with Gasteiger partial charge in [0.15, 0.2) is 11.4 Å². The number of aliphatic hydroxyl groups excluding tert-OH is 1. The van der Waals surface area contributed by atoms with Gasteiger partial charge in [0, 0.05) is 36.7 Å². The minimum absolute atomic E-state index is 0.00300. The molecule has 1 fully saturated rings. The van der Waals surface area contributed by atoms with Crippen LogP contribution in [0.1, 0.15) is 51.4 Å². The fourth-order valence-corrected chi connectivity index (χ4v) is 4.83. The first-order valence-electron chi connectivity index (χ1n) is 11.9. The summed E-state index contributed by atoms with van der Waals surface area (Å²) in [6.45, 7) is 0.402. The second kappa shape index (κ2) is 12.1. The van der Waals surface area contributed by atoms with Crippen LogP contribution in [-0.4, -0.2) is 43.0 Å². The lowest BCUT2D eigenvalue weighted by Crippen LogP contribution is -2.31. The van der Waals surface area contributed by atoms with Crippen LogP contribution in [-0.2, 0) is 22.6 Å². The Bertz CT molecular complexity index is 1270. The van der Waals surface area contributed by atoms with E-state index in [1.54, 1.807) is 36.3 Å². The fourth-order valence-electron chi connectivity index (χ4n) is 4.03. The van der Waals surface area contributed by atoms with Crippen molar-refractivity contribution in [2.45, 2.75) is 43.2 Å². The lowest BCUT2D eigenvalue weighted by atomic mass is 10.0. The Morgan fingerprint density at radius 3 is 2.54 bits per heavy atom. The molecule has 1 aliphatic rings. The molecule has 1 aliphatic heterocycles. The molecule has 2 aromatic carbocycles. The number of carbonyl (C=O) groups is 1. The van der Waals surface area contributed by atoms with Crippen LogP contribution < -0.4 is 5.32 Å². The second-order valence-electron chi connectivity index (χ2n) is 8.62. The maximum atomic E-state index is 12.3. The van der Waals surface area contributed by atoms with E-state index in [0.29, 0.717) is 24.3 Å². The number of ether oxygens (including phenoxy) is 2. The van der Waals surface area contributed by atoms with E-state index in [1.807, 2.05) is 48.5 Å². The molecule has 1 saturated heterocycles. The van der Waals surface area contributed by atoms with Crippen molar-refractivity contribution in [1.82, 2.24) is 25.5 Å². The zero-order valence-corrected chi connectivity index (χ0v) is 20.8. The Balaban J connectivity index is 1.26. The van der Waals surface area contributed by atoms with E-state index in [-0.39, 0.29) is 24.7 Å². The van der Waals surface area contributed by atoms with Crippen LogP contribution in [0.4, 0.5) is 0 Å². The number of hydrogen-bond acceptors (Lipinski definition) is 8. The van der Waals surface area contributed by atoms with Gasteiger partial charge in [0.1, 0.15) is 6.33 Å². The van der Waals surface area contributed by atoms with Gasteiger partial charge in [-0.2, -0.15) is 5.10 Å². The molecular formula is C27H27N5O4S. The number of thioether (sulfide) groups is 1. The van der Waals surface area contributed by atoms with E-state index in [0.717, 1.165) is 27.4 Å². The largest absolute Gasteiger partial charge is 0.392 e. The Hall–Kier alpha value is -3.57. The summed E-state index contributed by atoms with van der Waals surface area (Å²) in [7, 11) is 0. The molecule has 3 unspecified atom stereocenters. The highest BCUT2D eigenvalue weighted by Crippen LogP contribution is 2.39. The van der Waals surface area contributed by atoms with Gasteiger partial charge in [-0.1, -0.05) is 60.3 Å². The van der Waals surface area contributed by atoms with Crippen molar-refractivity contribution in [3.05, 3.63) is 107 Å². The van der Waals surface area contributed by atoms with Crippen LogP contribution in [0.2, 0.25) is 0 Å². The highest BCUT2D eigenvalue weighted by atomic mass is 32.2. The second-order valence-corrected chi connectivity index (χ2v) is 9.63. The first-order chi connectivity index (χ1) is 18.2. The molecule has 0 saturated carbocycles. The third kappa shape index (κ3) is 6.60. The third-order valence-corrected chi connectivity index (χ3v) is 7.05. The van der Waals surface area contributed by atoms with Gasteiger partial charge in [-0.15, -0.1) is 0 Å². The van der Waals surface area contributed by atoms with Gasteiger partial charge in [-0.25, -0.2) is 4.98 Å². The van der Waals surface area contributed by atoms with Crippen LogP contribution >= 0.6 is 11.8 Å². The van der Waals surface area contributed by atoms with Crippen molar-refractivity contribution in [3.63, 3.8) is 0 Å². The highest BCUT2D eigenvalue weighted by Gasteiger charge is 2.32. The quantitative estimate of drug-likeness (QED) is 0.285. The first kappa shape index (κ1) is 25.1. The molecular weight excluding hydrogens is 490 g/mol. The molecule has 37 heavy (non-hydrogen) atoms. The number of hydrogen-bond donors (Lipinski definition) is 3. The zero-order valence-electron chi connectivity index (χ0n) is 20.0. The number of aromatic amines is 1. The fraction of sp³-hybridized carbons (Fsp3) is 0.259. The van der Waals surface area contributed by atoms with Crippen molar-refractivity contribution >= 4 is 17.7 Å². The molecule has 2 aromatic heterocycles. The zero-order chi connectivity index (χ0) is 25.5. The molecule has 0 aliphatic carbocycles. The van der Waals surface area contributed by atoms with Crippen LogP contribution in [0.5, 0.6) is 0 Å². The summed E-state index contributed by atoms with van der Waals surface area (Å²) in [5, 5.41) is 19.8. The number of nitrogens with one attached hydrogen (secondary N) is 2. The van der Waals surface area contributed by atoms with Crippen molar-refractivity contribution in [2.24, 2.45) is 0 Å². The Morgan fingerprint density at radius 1 is 1.05 bits per heavy atom. The molecule has 0 spiro atoms. The van der Waals surface area contributed by atoms with Gasteiger partial charge in [0.25, 0.3) is 5.91 Å². The summed E-state index contributed by atoms with van der Waals surface area (Å²) in [6, 6.07) is 19.1. The number of aromatic nitrogens is 4. The van der Waals surface area contributed by atoms with Gasteiger partial charge in [0.05, 0.1) is 24.4 Å². The van der Waals surface area contributed by atoms with E-state index in [2.05, 4.69) is 25.5 Å². The van der Waals surface area contributed by atoms with Crippen molar-refractivity contribution in [3.8, 4) is 0 Å². The molecule has 10 heteroatoms. The van der Waals surface area contributed by atoms with E-state index >= 15 is 0 Å². The smallest absolute Gasteiger partial charge is 0.253 e. The number of benzene rings is 2. The molecule has 0 bridgehead atoms. The van der Waals surface area contributed by atoms with Gasteiger partial charge >= 0.3 is 0 Å². The van der Waals surface area contributed by atoms with Crippen LogP contribution in [0.15, 0.2) is 84.5 Å². The van der Waals surface area contributed by atoms with Gasteiger partial charge in [-0.05, 0) is 28.8 Å². The summed E-state index contributed by atoms with van der Waals surface area (Å²) in [5.41, 5.74) is 4.28. The van der Waals surface area contributed by atoms with Gasteiger partial charge < -0.3 is 19.9 Å². The lowest BCUT2D eigenvalue weighted by Gasteiger charge is -2.36. The van der Waals surface area contributed by atoms with E-state index in [9.17, 15) is 9.90 Å². The average Bonchev–Trinajstić information content (AvgIpc) is 3.49. The Morgan fingerprint density at radius 2 is 1.84 bits per heavy atom. The number of amides is 1. The van der Waals surface area contributed by atoms with E-state index < -0.39 is 6.29 Å². The molecule has 3 atom stereocenters. The van der Waals surface area contributed by atoms with E-state index in [1.165, 1.54) is 6.33 Å². The normalized spacial score (nSPS) is 19.4. The number of rotatable bonds is 9. The summed E-state index contributed by atoms with van der Waals surface area (Å²) < 4.78 is 12.7. The van der Waals surface area contributed by atoms with Crippen LogP contribution in [0.3, 0.4) is 0 Å². The van der Waals surface area contributed by atoms with Crippen LogP contribution in [0, 0.1) is 0 Å². The SMILES string of the molecule is O=C(NCc1ccc(C2OC(CSc3ncn[nH]3)CC(c3ccc(CO)cc3)O2)cc1)c1cccnc1. The van der Waals surface area contributed by atoms with Gasteiger partial charge in [-0.3, -0.25) is 14.9 Å². The summed E-state index contributed by atoms with van der Waals surface area (Å²) in [4.78, 5) is 20.5. The van der Waals surface area contributed by atoms with Crippen molar-refractivity contribution < 1.29 is 19.4 Å². The summed E-state index contributed by atoms with van der Waals surface area (Å²) in [5.74, 6) is 0.525. The molecule has 3 heterocycles. The van der Waals surface area contributed by atoms with Crippen molar-refractivity contribution in [1.29, 1.82) is 0 Å².